The molecule has 6 rings (SSSR count). The molecule has 1 fully saturated rings. The Hall–Kier alpha value is -5.33. The van der Waals surface area contributed by atoms with E-state index in [1.807, 2.05) is 62.4 Å². The fourth-order valence-electron chi connectivity index (χ4n) is 6.86. The molecule has 12 nitrogen and oxygen atoms in total. The molecule has 290 valence electrons. The van der Waals surface area contributed by atoms with Crippen molar-refractivity contribution in [3.63, 3.8) is 0 Å². The van der Waals surface area contributed by atoms with E-state index in [1.54, 1.807) is 32.0 Å². The highest BCUT2D eigenvalue weighted by atomic mass is 16.5. The Morgan fingerprint density at radius 3 is 2.49 bits per heavy atom. The van der Waals surface area contributed by atoms with E-state index in [1.165, 1.54) is 21.3 Å². The molecule has 4 aromatic rings. The number of cyclic esters (lactones) is 1. The third kappa shape index (κ3) is 9.86. The van der Waals surface area contributed by atoms with Gasteiger partial charge in [0.1, 0.15) is 17.9 Å². The first-order valence-corrected chi connectivity index (χ1v) is 19.3. The molecular formula is C43H53N7O5. The van der Waals surface area contributed by atoms with Crippen LogP contribution in [0.4, 0.5) is 5.82 Å². The average Bonchev–Trinajstić information content (AvgIpc) is 3.18. The summed E-state index contributed by atoms with van der Waals surface area (Å²) in [6.45, 7) is 8.90. The smallest absolute Gasteiger partial charge is 0.316 e. The number of esters is 1. The van der Waals surface area contributed by atoms with Gasteiger partial charge in [0.25, 0.3) is 17.7 Å². The fraction of sp³-hybridized carbons (Fsp3) is 0.419. The number of aromatic nitrogens is 1. The van der Waals surface area contributed by atoms with Crippen LogP contribution in [0.5, 0.6) is 0 Å². The number of amides is 3. The first-order valence-electron chi connectivity index (χ1n) is 19.3. The number of fused-ring (bicyclic) bond motifs is 5. The highest BCUT2D eigenvalue weighted by Gasteiger charge is 2.37. The Labute approximate surface area is 323 Å². The minimum absolute atomic E-state index is 0.309. The van der Waals surface area contributed by atoms with E-state index in [4.69, 9.17) is 9.72 Å². The third-order valence-electron chi connectivity index (χ3n) is 10.3. The number of ether oxygens (including phenoxy) is 1. The van der Waals surface area contributed by atoms with Gasteiger partial charge in [0.15, 0.2) is 6.10 Å². The normalized spacial score (nSPS) is 21.7. The standard InChI is InChI=1S/C43H53N7O5/c1-28(2)38-40(52)46-35(13-8-9-23-44-27-30-16-17-31-11-6-7-12-33(31)25-30)41(53)50-24-10-14-34(47-50)39(51)48-49(5)37-20-19-32-18-15-29(26-36(32)45-37)21-22-43(3,4)42(54)55-38/h6-7,11-12,15-22,25-26,28,34-35,38,44,47H,8-10,13-14,23-24,27H2,1-5H3,(H,46,52)(H,48,51)/b22-21+/t34-,35-,38-/m0/s1. The topological polar surface area (TPSA) is 145 Å². The van der Waals surface area contributed by atoms with Crippen molar-refractivity contribution in [1.82, 2.24) is 31.5 Å². The van der Waals surface area contributed by atoms with E-state index in [0.29, 0.717) is 50.1 Å². The molecule has 1 aromatic heterocycles. The van der Waals surface area contributed by atoms with Crippen molar-refractivity contribution in [3.8, 4) is 0 Å². The highest BCUT2D eigenvalue weighted by Crippen LogP contribution is 2.26. The number of unbranched alkanes of at least 4 members (excludes halogenated alkanes) is 1. The maximum atomic E-state index is 14.2. The largest absolute Gasteiger partial charge is 0.451 e. The Bertz CT molecular complexity index is 2060. The van der Waals surface area contributed by atoms with Gasteiger partial charge in [0.2, 0.25) is 0 Å². The molecule has 3 heterocycles. The molecule has 3 atom stereocenters. The number of pyridine rings is 1. The van der Waals surface area contributed by atoms with E-state index < -0.39 is 35.5 Å². The first kappa shape index (κ1) is 39.4. The van der Waals surface area contributed by atoms with E-state index in [-0.39, 0.29) is 17.7 Å². The molecule has 0 saturated carbocycles. The van der Waals surface area contributed by atoms with Crippen LogP contribution in [-0.2, 0) is 30.5 Å². The number of carbonyl (C=O) groups excluding carboxylic acids is 4. The number of rotatable bonds is 8. The van der Waals surface area contributed by atoms with Gasteiger partial charge in [-0.25, -0.2) is 10.4 Å². The van der Waals surface area contributed by atoms with E-state index in [9.17, 15) is 19.2 Å². The number of anilines is 1. The molecule has 0 radical (unpaired) electrons. The molecule has 55 heavy (non-hydrogen) atoms. The monoisotopic (exact) mass is 747 g/mol. The number of hydrogen-bond acceptors (Lipinski definition) is 9. The summed E-state index contributed by atoms with van der Waals surface area (Å²) in [5.74, 6) is -1.58. The zero-order valence-electron chi connectivity index (χ0n) is 32.4. The van der Waals surface area contributed by atoms with Crippen LogP contribution < -0.4 is 26.5 Å². The molecule has 0 spiro atoms. The van der Waals surface area contributed by atoms with Crippen molar-refractivity contribution in [2.45, 2.75) is 84.5 Å². The van der Waals surface area contributed by atoms with Gasteiger partial charge in [-0.2, -0.15) is 0 Å². The van der Waals surface area contributed by atoms with Gasteiger partial charge in [0.05, 0.1) is 10.9 Å². The Balaban J connectivity index is 1.20. The Morgan fingerprint density at radius 2 is 1.69 bits per heavy atom. The highest BCUT2D eigenvalue weighted by molar-refractivity contribution is 5.92. The first-order chi connectivity index (χ1) is 26.4. The summed E-state index contributed by atoms with van der Waals surface area (Å²) < 4.78 is 5.91. The molecule has 4 N–H and O–H groups in total. The van der Waals surface area contributed by atoms with Crippen LogP contribution in [0.1, 0.15) is 70.9 Å². The maximum absolute atomic E-state index is 14.2. The lowest BCUT2D eigenvalue weighted by Crippen LogP contribution is -2.62. The predicted molar refractivity (Wildman–Crippen MR) is 215 cm³/mol. The minimum Gasteiger partial charge on any atom is -0.451 e. The molecule has 2 aliphatic rings. The lowest BCUT2D eigenvalue weighted by Gasteiger charge is -2.36. The van der Waals surface area contributed by atoms with Crippen LogP contribution in [0.2, 0.25) is 0 Å². The van der Waals surface area contributed by atoms with Gasteiger partial charge < -0.3 is 15.4 Å². The molecule has 0 aliphatic carbocycles. The van der Waals surface area contributed by atoms with Crippen LogP contribution in [0.15, 0.2) is 78.9 Å². The second-order valence-electron chi connectivity index (χ2n) is 15.5. The SMILES string of the molecule is CC(C)[C@@H]1OC(=O)C(C)(C)/C=C/c2ccc3ccc(nc3c2)N(C)NC(=O)[C@@H]2CCCN(N2)C(=O)[C@H](CCCCNCc2ccc3ccccc3c2)NC1=O. The van der Waals surface area contributed by atoms with Crippen molar-refractivity contribution in [1.29, 1.82) is 0 Å². The Morgan fingerprint density at radius 1 is 0.927 bits per heavy atom. The summed E-state index contributed by atoms with van der Waals surface area (Å²) in [6, 6.07) is 22.7. The second kappa shape index (κ2) is 17.4. The maximum Gasteiger partial charge on any atom is 0.316 e. The molecule has 3 aromatic carbocycles. The van der Waals surface area contributed by atoms with Crippen molar-refractivity contribution >= 4 is 57.3 Å². The van der Waals surface area contributed by atoms with Crippen LogP contribution >= 0.6 is 0 Å². The summed E-state index contributed by atoms with van der Waals surface area (Å²) in [6.07, 6.45) is 5.34. The average molecular weight is 748 g/mol. The fourth-order valence-corrected chi connectivity index (χ4v) is 6.86. The number of carbonyl (C=O) groups is 4. The molecule has 2 aliphatic heterocycles. The lowest BCUT2D eigenvalue weighted by atomic mass is 9.92. The zero-order chi connectivity index (χ0) is 39.1. The molecule has 12 heteroatoms. The number of hydrazine groups is 2. The van der Waals surface area contributed by atoms with E-state index >= 15 is 0 Å². The second-order valence-corrected chi connectivity index (χ2v) is 15.5. The Kier molecular flexibility index (Phi) is 12.5. The molecular weight excluding hydrogens is 695 g/mol. The molecule has 3 amide bonds. The van der Waals surface area contributed by atoms with Gasteiger partial charge in [-0.15, -0.1) is 0 Å². The van der Waals surface area contributed by atoms with Gasteiger partial charge in [-0.1, -0.05) is 74.5 Å². The van der Waals surface area contributed by atoms with Gasteiger partial charge in [-0.05, 0) is 105 Å². The van der Waals surface area contributed by atoms with Crippen molar-refractivity contribution < 1.29 is 23.9 Å². The van der Waals surface area contributed by atoms with E-state index in [2.05, 4.69) is 51.8 Å². The summed E-state index contributed by atoms with van der Waals surface area (Å²) >= 11 is 0. The van der Waals surface area contributed by atoms with Crippen LogP contribution in [0.25, 0.3) is 27.8 Å². The van der Waals surface area contributed by atoms with Crippen molar-refractivity contribution in [2.24, 2.45) is 11.3 Å². The lowest BCUT2D eigenvalue weighted by molar-refractivity contribution is -0.165. The van der Waals surface area contributed by atoms with Gasteiger partial charge in [0, 0.05) is 25.5 Å². The quantitative estimate of drug-likeness (QED) is 0.137. The number of nitrogens with one attached hydrogen (secondary N) is 4. The molecule has 1 saturated heterocycles. The van der Waals surface area contributed by atoms with Gasteiger partial charge >= 0.3 is 5.97 Å². The van der Waals surface area contributed by atoms with Crippen LogP contribution in [0.3, 0.4) is 0 Å². The summed E-state index contributed by atoms with van der Waals surface area (Å²) in [7, 11) is 1.72. The summed E-state index contributed by atoms with van der Waals surface area (Å²) in [5, 5.41) is 12.8. The van der Waals surface area contributed by atoms with Crippen molar-refractivity contribution in [2.75, 3.05) is 25.1 Å². The van der Waals surface area contributed by atoms with Gasteiger partial charge in [-0.3, -0.25) is 34.6 Å². The van der Waals surface area contributed by atoms with Crippen molar-refractivity contribution in [3.05, 3.63) is 90.0 Å². The third-order valence-corrected chi connectivity index (χ3v) is 10.3. The summed E-state index contributed by atoms with van der Waals surface area (Å²) in [5.41, 5.74) is 7.69. The number of hydrogen-bond donors (Lipinski definition) is 4. The van der Waals surface area contributed by atoms with E-state index in [0.717, 1.165) is 23.9 Å². The van der Waals surface area contributed by atoms with Crippen LogP contribution in [0, 0.1) is 11.3 Å². The van der Waals surface area contributed by atoms with Crippen LogP contribution in [-0.4, -0.2) is 72.0 Å². The summed E-state index contributed by atoms with van der Waals surface area (Å²) in [4.78, 5) is 60.0. The number of nitrogens with zero attached hydrogens (tertiary/aromatic N) is 3. The molecule has 0 unspecified atom stereocenters. The predicted octanol–water partition coefficient (Wildman–Crippen LogP) is 5.42. The molecule has 5 bridgehead atoms. The minimum atomic E-state index is -1.13. The zero-order valence-corrected chi connectivity index (χ0v) is 32.4. The number of benzene rings is 3.